The van der Waals surface area contributed by atoms with Gasteiger partial charge in [0.1, 0.15) is 5.75 Å². The van der Waals surface area contributed by atoms with Crippen molar-refractivity contribution in [3.05, 3.63) is 29.3 Å². The largest absolute Gasteiger partial charge is 0.496 e. The Labute approximate surface area is 155 Å². The van der Waals surface area contributed by atoms with Gasteiger partial charge in [0.05, 0.1) is 20.1 Å². The average Bonchev–Trinajstić information content (AvgIpc) is 2.54. The van der Waals surface area contributed by atoms with Crippen LogP contribution in [0.25, 0.3) is 0 Å². The third-order valence-electron chi connectivity index (χ3n) is 3.29. The molecule has 0 radical (unpaired) electrons. The zero-order valence-corrected chi connectivity index (χ0v) is 16.6. The van der Waals surface area contributed by atoms with Gasteiger partial charge in [-0.1, -0.05) is 19.1 Å². The highest BCUT2D eigenvalue weighted by Gasteiger charge is 2.13. The molecule has 0 heterocycles. The fourth-order valence-corrected chi connectivity index (χ4v) is 1.93. The predicted octanol–water partition coefficient (Wildman–Crippen LogP) is 2.10. The molecule has 0 bridgehead atoms. The summed E-state index contributed by atoms with van der Waals surface area (Å²) in [5, 5.41) is 6.30. The summed E-state index contributed by atoms with van der Waals surface area (Å²) in [5.74, 6) is 0.977. The summed E-state index contributed by atoms with van der Waals surface area (Å²) < 4.78 is 10.1. The Bertz CT molecular complexity index is 535. The summed E-state index contributed by atoms with van der Waals surface area (Å²) in [6.07, 6.45) is 0. The molecular weight excluding hydrogens is 409 g/mol. The third-order valence-corrected chi connectivity index (χ3v) is 3.29. The van der Waals surface area contributed by atoms with Gasteiger partial charge in [-0.05, 0) is 18.6 Å². The van der Waals surface area contributed by atoms with Crippen LogP contribution in [0.1, 0.15) is 18.1 Å². The van der Waals surface area contributed by atoms with Crippen LogP contribution < -0.4 is 15.4 Å². The fraction of sp³-hybridized carbons (Fsp3) is 0.500. The molecule has 0 aliphatic carbocycles. The monoisotopic (exact) mass is 435 g/mol. The SMILES string of the molecule is CN=C(NCc1ccc(C)cc1OC)NCC(C)C(=O)OC.I. The Morgan fingerprint density at radius 3 is 2.57 bits per heavy atom. The van der Waals surface area contributed by atoms with E-state index in [2.05, 4.69) is 15.6 Å². The van der Waals surface area contributed by atoms with Gasteiger partial charge in [-0.3, -0.25) is 9.79 Å². The molecule has 1 atom stereocenters. The number of esters is 1. The maximum atomic E-state index is 11.4. The van der Waals surface area contributed by atoms with E-state index in [1.807, 2.05) is 25.1 Å². The summed E-state index contributed by atoms with van der Waals surface area (Å²) in [6, 6.07) is 6.05. The number of aryl methyl sites for hydroxylation is 1. The second-order valence-electron chi connectivity index (χ2n) is 5.05. The van der Waals surface area contributed by atoms with Crippen LogP contribution in [-0.2, 0) is 16.1 Å². The molecule has 0 aliphatic rings. The molecule has 0 saturated heterocycles. The van der Waals surface area contributed by atoms with Gasteiger partial charge < -0.3 is 20.1 Å². The lowest BCUT2D eigenvalue weighted by Gasteiger charge is -2.16. The first-order valence-corrected chi connectivity index (χ1v) is 7.17. The first-order valence-electron chi connectivity index (χ1n) is 7.17. The summed E-state index contributed by atoms with van der Waals surface area (Å²) in [5.41, 5.74) is 2.19. The number of halogens is 1. The van der Waals surface area contributed by atoms with Crippen LogP contribution >= 0.6 is 24.0 Å². The number of benzene rings is 1. The first kappa shape index (κ1) is 21.5. The van der Waals surface area contributed by atoms with Crippen molar-refractivity contribution in [1.29, 1.82) is 0 Å². The molecule has 7 heteroatoms. The number of guanidine groups is 1. The lowest BCUT2D eigenvalue weighted by molar-refractivity contribution is -0.144. The zero-order chi connectivity index (χ0) is 16.5. The molecule has 0 amide bonds. The van der Waals surface area contributed by atoms with E-state index in [0.717, 1.165) is 16.9 Å². The van der Waals surface area contributed by atoms with Gasteiger partial charge in [0.15, 0.2) is 5.96 Å². The minimum atomic E-state index is -0.247. The number of carbonyl (C=O) groups excluding carboxylic acids is 1. The third kappa shape index (κ3) is 7.06. The molecule has 0 saturated carbocycles. The van der Waals surface area contributed by atoms with Crippen molar-refractivity contribution in [2.75, 3.05) is 27.8 Å². The molecule has 1 aromatic rings. The number of hydrogen-bond donors (Lipinski definition) is 2. The molecule has 1 unspecified atom stereocenters. The van der Waals surface area contributed by atoms with Crippen LogP contribution in [0.2, 0.25) is 0 Å². The molecule has 23 heavy (non-hydrogen) atoms. The number of carbonyl (C=O) groups is 1. The van der Waals surface area contributed by atoms with Gasteiger partial charge in [-0.25, -0.2) is 0 Å². The van der Waals surface area contributed by atoms with Crippen molar-refractivity contribution in [3.8, 4) is 5.75 Å². The molecule has 0 spiro atoms. The summed E-state index contributed by atoms with van der Waals surface area (Å²) in [7, 11) is 4.73. The molecule has 1 aromatic carbocycles. The number of methoxy groups -OCH3 is 2. The summed E-state index contributed by atoms with van der Waals surface area (Å²) in [6.45, 7) is 4.86. The molecule has 0 aliphatic heterocycles. The summed E-state index contributed by atoms with van der Waals surface area (Å²) in [4.78, 5) is 15.5. The van der Waals surface area contributed by atoms with E-state index >= 15 is 0 Å². The molecule has 6 nitrogen and oxygen atoms in total. The number of nitrogens with zero attached hydrogens (tertiary/aromatic N) is 1. The number of ether oxygens (including phenoxy) is 2. The van der Waals surface area contributed by atoms with Gasteiger partial charge in [0.25, 0.3) is 0 Å². The Hall–Kier alpha value is -1.51. The minimum Gasteiger partial charge on any atom is -0.496 e. The van der Waals surface area contributed by atoms with Crippen molar-refractivity contribution in [1.82, 2.24) is 10.6 Å². The second kappa shape index (κ2) is 11.1. The highest BCUT2D eigenvalue weighted by Crippen LogP contribution is 2.19. The normalized spacial score (nSPS) is 12.0. The van der Waals surface area contributed by atoms with E-state index in [4.69, 9.17) is 9.47 Å². The van der Waals surface area contributed by atoms with Crippen LogP contribution in [0.3, 0.4) is 0 Å². The van der Waals surface area contributed by atoms with Crippen LogP contribution in [-0.4, -0.2) is 39.7 Å². The van der Waals surface area contributed by atoms with E-state index in [9.17, 15) is 4.79 Å². The predicted molar refractivity (Wildman–Crippen MR) is 103 cm³/mol. The number of rotatable bonds is 6. The Balaban J connectivity index is 0.00000484. The van der Waals surface area contributed by atoms with Crippen molar-refractivity contribution >= 4 is 35.9 Å². The first-order chi connectivity index (χ1) is 10.5. The highest BCUT2D eigenvalue weighted by atomic mass is 127. The van der Waals surface area contributed by atoms with E-state index in [-0.39, 0.29) is 35.9 Å². The Morgan fingerprint density at radius 2 is 2.00 bits per heavy atom. The van der Waals surface area contributed by atoms with Crippen LogP contribution in [0.15, 0.2) is 23.2 Å². The molecule has 1 rings (SSSR count). The van der Waals surface area contributed by atoms with Gasteiger partial charge in [-0.15, -0.1) is 24.0 Å². The topological polar surface area (TPSA) is 72.0 Å². The number of hydrogen-bond acceptors (Lipinski definition) is 4. The van der Waals surface area contributed by atoms with E-state index in [0.29, 0.717) is 19.0 Å². The van der Waals surface area contributed by atoms with Gasteiger partial charge >= 0.3 is 5.97 Å². The average molecular weight is 435 g/mol. The molecular formula is C16H26IN3O3. The van der Waals surface area contributed by atoms with E-state index in [1.54, 1.807) is 21.1 Å². The number of aliphatic imine (C=N–C) groups is 1. The Kier molecular flexibility index (Phi) is 10.4. The lowest BCUT2D eigenvalue weighted by atomic mass is 10.1. The lowest BCUT2D eigenvalue weighted by Crippen LogP contribution is -2.40. The maximum Gasteiger partial charge on any atom is 0.310 e. The minimum absolute atomic E-state index is 0. The smallest absolute Gasteiger partial charge is 0.310 e. The molecule has 0 fully saturated rings. The van der Waals surface area contributed by atoms with E-state index in [1.165, 1.54) is 7.11 Å². The molecule has 130 valence electrons. The van der Waals surface area contributed by atoms with Crippen LogP contribution in [0.5, 0.6) is 5.75 Å². The highest BCUT2D eigenvalue weighted by molar-refractivity contribution is 14.0. The zero-order valence-electron chi connectivity index (χ0n) is 14.3. The maximum absolute atomic E-state index is 11.4. The van der Waals surface area contributed by atoms with Crippen molar-refractivity contribution < 1.29 is 14.3 Å². The van der Waals surface area contributed by atoms with Gasteiger partial charge in [-0.2, -0.15) is 0 Å². The Morgan fingerprint density at radius 1 is 1.30 bits per heavy atom. The summed E-state index contributed by atoms with van der Waals surface area (Å²) >= 11 is 0. The van der Waals surface area contributed by atoms with Crippen molar-refractivity contribution in [3.63, 3.8) is 0 Å². The van der Waals surface area contributed by atoms with Crippen molar-refractivity contribution in [2.45, 2.75) is 20.4 Å². The van der Waals surface area contributed by atoms with Crippen molar-refractivity contribution in [2.24, 2.45) is 10.9 Å². The second-order valence-corrected chi connectivity index (χ2v) is 5.05. The van der Waals surface area contributed by atoms with Crippen LogP contribution in [0.4, 0.5) is 0 Å². The molecule has 0 aromatic heterocycles. The van der Waals surface area contributed by atoms with Gasteiger partial charge in [0.2, 0.25) is 0 Å². The quantitative estimate of drug-likeness (QED) is 0.310. The standard InChI is InChI=1S/C16H25N3O3.HI/c1-11-6-7-13(14(8-11)21-4)10-19-16(17-3)18-9-12(2)15(20)22-5;/h6-8,12H,9-10H2,1-5H3,(H2,17,18,19);1H. The van der Waals surface area contributed by atoms with E-state index < -0.39 is 0 Å². The fourth-order valence-electron chi connectivity index (χ4n) is 1.93. The molecule has 2 N–H and O–H groups in total. The number of nitrogens with one attached hydrogen (secondary N) is 2. The van der Waals surface area contributed by atoms with Gasteiger partial charge in [0, 0.05) is 25.7 Å². The van der Waals surface area contributed by atoms with Crippen LogP contribution in [0, 0.1) is 12.8 Å².